The second kappa shape index (κ2) is 6.24. The van der Waals surface area contributed by atoms with Gasteiger partial charge in [0.1, 0.15) is 0 Å². The summed E-state index contributed by atoms with van der Waals surface area (Å²) < 4.78 is 27.8. The van der Waals surface area contributed by atoms with E-state index in [1.54, 1.807) is 0 Å². The molecule has 0 bridgehead atoms. The first-order chi connectivity index (χ1) is 9.45. The Balaban J connectivity index is 2.20. The molecule has 114 valence electrons. The van der Waals surface area contributed by atoms with Crippen LogP contribution in [0.4, 0.5) is 0 Å². The van der Waals surface area contributed by atoms with Crippen LogP contribution < -0.4 is 10.0 Å². The minimum atomic E-state index is -3.55. The number of nitrogens with one attached hydrogen (secondary N) is 3. The highest BCUT2D eigenvalue weighted by Gasteiger charge is 2.31. The lowest BCUT2D eigenvalue weighted by molar-refractivity contribution is 0.474. The van der Waals surface area contributed by atoms with Gasteiger partial charge in [-0.15, -0.1) is 0 Å². The third-order valence-electron chi connectivity index (χ3n) is 4.01. The SMILES string of the molecule is CCNCc1c(S(=O)(=O)NC2CCCC2C)n[nH]c1C. The molecule has 1 aliphatic rings. The van der Waals surface area contributed by atoms with Crippen LogP contribution in [0.2, 0.25) is 0 Å². The van der Waals surface area contributed by atoms with Crippen molar-refractivity contribution >= 4 is 10.0 Å². The van der Waals surface area contributed by atoms with E-state index < -0.39 is 10.0 Å². The van der Waals surface area contributed by atoms with E-state index in [0.29, 0.717) is 12.5 Å². The van der Waals surface area contributed by atoms with Gasteiger partial charge in [-0.25, -0.2) is 13.1 Å². The fourth-order valence-corrected chi connectivity index (χ4v) is 4.26. The average molecular weight is 300 g/mol. The highest BCUT2D eigenvalue weighted by Crippen LogP contribution is 2.27. The van der Waals surface area contributed by atoms with E-state index >= 15 is 0 Å². The Morgan fingerprint density at radius 2 is 2.15 bits per heavy atom. The minimum Gasteiger partial charge on any atom is -0.313 e. The quantitative estimate of drug-likeness (QED) is 0.739. The molecule has 3 N–H and O–H groups in total. The van der Waals surface area contributed by atoms with Gasteiger partial charge in [0.05, 0.1) is 0 Å². The molecule has 0 spiro atoms. The van der Waals surface area contributed by atoms with Gasteiger partial charge in [-0.3, -0.25) is 5.10 Å². The van der Waals surface area contributed by atoms with Crippen LogP contribution in [0.1, 0.15) is 44.4 Å². The van der Waals surface area contributed by atoms with Crippen LogP contribution >= 0.6 is 0 Å². The molecule has 1 heterocycles. The summed E-state index contributed by atoms with van der Waals surface area (Å²) in [6.45, 7) is 7.22. The molecule has 1 saturated carbocycles. The second-order valence-electron chi connectivity index (χ2n) is 5.55. The molecule has 1 fully saturated rings. The zero-order chi connectivity index (χ0) is 14.8. The Hall–Kier alpha value is -0.920. The van der Waals surface area contributed by atoms with Crippen molar-refractivity contribution in [2.45, 2.75) is 57.6 Å². The van der Waals surface area contributed by atoms with Crippen molar-refractivity contribution in [2.75, 3.05) is 6.54 Å². The molecule has 0 aromatic carbocycles. The van der Waals surface area contributed by atoms with E-state index in [9.17, 15) is 8.42 Å². The Labute approximate surface area is 120 Å². The minimum absolute atomic E-state index is 0.0315. The third kappa shape index (κ3) is 3.21. The zero-order valence-corrected chi connectivity index (χ0v) is 13.2. The van der Waals surface area contributed by atoms with Gasteiger partial charge in [-0.05, 0) is 32.2 Å². The fourth-order valence-electron chi connectivity index (χ4n) is 2.69. The summed E-state index contributed by atoms with van der Waals surface area (Å²) >= 11 is 0. The molecule has 1 aromatic heterocycles. The van der Waals surface area contributed by atoms with Gasteiger partial charge in [0.25, 0.3) is 10.0 Å². The number of H-pyrrole nitrogens is 1. The maximum atomic E-state index is 12.5. The first-order valence-electron chi connectivity index (χ1n) is 7.22. The van der Waals surface area contributed by atoms with Crippen molar-refractivity contribution in [3.05, 3.63) is 11.3 Å². The van der Waals surface area contributed by atoms with Crippen LogP contribution in [0.3, 0.4) is 0 Å². The predicted molar refractivity (Wildman–Crippen MR) is 77.8 cm³/mol. The zero-order valence-electron chi connectivity index (χ0n) is 12.4. The molecule has 0 aliphatic heterocycles. The van der Waals surface area contributed by atoms with Crippen molar-refractivity contribution in [2.24, 2.45) is 5.92 Å². The lowest BCUT2D eigenvalue weighted by Gasteiger charge is -2.17. The molecule has 6 nitrogen and oxygen atoms in total. The highest BCUT2D eigenvalue weighted by atomic mass is 32.2. The number of hydrogen-bond donors (Lipinski definition) is 3. The summed E-state index contributed by atoms with van der Waals surface area (Å²) in [6, 6.07) is 0.0315. The summed E-state index contributed by atoms with van der Waals surface area (Å²) in [5.41, 5.74) is 1.52. The van der Waals surface area contributed by atoms with Gasteiger partial charge < -0.3 is 5.32 Å². The second-order valence-corrected chi connectivity index (χ2v) is 7.18. The molecule has 0 radical (unpaired) electrons. The summed E-state index contributed by atoms with van der Waals surface area (Å²) in [7, 11) is -3.55. The number of aromatic nitrogens is 2. The van der Waals surface area contributed by atoms with Crippen molar-refractivity contribution in [1.29, 1.82) is 0 Å². The average Bonchev–Trinajstić information content (AvgIpc) is 2.94. The fraction of sp³-hybridized carbons (Fsp3) is 0.769. The predicted octanol–water partition coefficient (Wildman–Crippen LogP) is 1.29. The molecule has 0 amide bonds. The molecule has 2 unspecified atom stereocenters. The maximum absolute atomic E-state index is 12.5. The highest BCUT2D eigenvalue weighted by molar-refractivity contribution is 7.89. The van der Waals surface area contributed by atoms with E-state index in [1.807, 2.05) is 13.8 Å². The van der Waals surface area contributed by atoms with Crippen LogP contribution in [0.15, 0.2) is 5.03 Å². The van der Waals surface area contributed by atoms with Crippen molar-refractivity contribution in [3.8, 4) is 0 Å². The van der Waals surface area contributed by atoms with E-state index in [4.69, 9.17) is 0 Å². The summed E-state index contributed by atoms with van der Waals surface area (Å²) in [4.78, 5) is 0. The molecule has 1 aromatic rings. The summed E-state index contributed by atoms with van der Waals surface area (Å²) in [6.07, 6.45) is 3.07. The smallest absolute Gasteiger partial charge is 0.260 e. The molecule has 7 heteroatoms. The number of nitrogens with zero attached hydrogens (tertiary/aromatic N) is 1. The largest absolute Gasteiger partial charge is 0.313 e. The molecular weight excluding hydrogens is 276 g/mol. The van der Waals surface area contributed by atoms with Gasteiger partial charge in [-0.2, -0.15) is 5.10 Å². The lowest BCUT2D eigenvalue weighted by Crippen LogP contribution is -2.37. The Bertz CT molecular complexity index is 553. The molecular formula is C13H24N4O2S. The van der Waals surface area contributed by atoms with E-state index in [0.717, 1.165) is 37.1 Å². The van der Waals surface area contributed by atoms with Crippen molar-refractivity contribution in [3.63, 3.8) is 0 Å². The standard InChI is InChI=1S/C13H24N4O2S/c1-4-14-8-11-10(3)15-16-13(11)20(18,19)17-12-7-5-6-9(12)2/h9,12,14,17H,4-8H2,1-3H3,(H,15,16). The van der Waals surface area contributed by atoms with Crippen LogP contribution in [0, 0.1) is 12.8 Å². The third-order valence-corrected chi connectivity index (χ3v) is 5.47. The summed E-state index contributed by atoms with van der Waals surface area (Å²) in [5, 5.41) is 10.1. The topological polar surface area (TPSA) is 86.9 Å². The first-order valence-corrected chi connectivity index (χ1v) is 8.71. The van der Waals surface area contributed by atoms with Crippen molar-refractivity contribution in [1.82, 2.24) is 20.2 Å². The molecule has 2 rings (SSSR count). The monoisotopic (exact) mass is 300 g/mol. The van der Waals surface area contributed by atoms with Crippen LogP contribution in [-0.4, -0.2) is 31.2 Å². The maximum Gasteiger partial charge on any atom is 0.260 e. The Morgan fingerprint density at radius 1 is 1.40 bits per heavy atom. The summed E-state index contributed by atoms with van der Waals surface area (Å²) in [5.74, 6) is 0.391. The molecule has 2 atom stereocenters. The number of hydrogen-bond acceptors (Lipinski definition) is 4. The Kier molecular flexibility index (Phi) is 4.82. The first kappa shape index (κ1) is 15.5. The molecule has 20 heavy (non-hydrogen) atoms. The number of aryl methyl sites for hydroxylation is 1. The van der Waals surface area contributed by atoms with Crippen LogP contribution in [0.25, 0.3) is 0 Å². The van der Waals surface area contributed by atoms with Gasteiger partial charge in [0, 0.05) is 23.8 Å². The van der Waals surface area contributed by atoms with Gasteiger partial charge in [-0.1, -0.05) is 20.3 Å². The number of rotatable bonds is 6. The van der Waals surface area contributed by atoms with E-state index in [-0.39, 0.29) is 11.1 Å². The molecule has 1 aliphatic carbocycles. The van der Waals surface area contributed by atoms with Crippen LogP contribution in [0.5, 0.6) is 0 Å². The van der Waals surface area contributed by atoms with Crippen molar-refractivity contribution < 1.29 is 8.42 Å². The number of sulfonamides is 1. The lowest BCUT2D eigenvalue weighted by atomic mass is 10.1. The van der Waals surface area contributed by atoms with E-state index in [1.165, 1.54) is 0 Å². The van der Waals surface area contributed by atoms with Gasteiger partial charge in [0.2, 0.25) is 0 Å². The number of aromatic amines is 1. The van der Waals surface area contributed by atoms with Gasteiger partial charge >= 0.3 is 0 Å². The molecule has 0 saturated heterocycles. The normalized spacial score (nSPS) is 23.4. The Morgan fingerprint density at radius 3 is 2.75 bits per heavy atom. The van der Waals surface area contributed by atoms with Gasteiger partial charge in [0.15, 0.2) is 5.03 Å². The van der Waals surface area contributed by atoms with E-state index in [2.05, 4.69) is 27.2 Å². The van der Waals surface area contributed by atoms with Crippen LogP contribution in [-0.2, 0) is 16.6 Å².